The molecule has 2 unspecified atom stereocenters. The Hall–Kier alpha value is -1.39. The highest BCUT2D eigenvalue weighted by atomic mass is 19.1. The first-order chi connectivity index (χ1) is 11.6. The molecule has 128 valence electrons. The summed E-state index contributed by atoms with van der Waals surface area (Å²) in [5.41, 5.74) is 1.61. The van der Waals surface area contributed by atoms with Crippen LogP contribution >= 0.6 is 0 Å². The molecular weight excluding hydrogens is 303 g/mol. The third kappa shape index (κ3) is 2.31. The molecule has 0 radical (unpaired) electrons. The van der Waals surface area contributed by atoms with Crippen molar-refractivity contribution in [3.8, 4) is 0 Å². The molecule has 2 N–H and O–H groups in total. The monoisotopic (exact) mass is 328 g/mol. The van der Waals surface area contributed by atoms with Gasteiger partial charge in [0.1, 0.15) is 5.82 Å². The number of rotatable bonds is 4. The molecule has 6 rings (SSSR count). The minimum absolute atomic E-state index is 0.124. The van der Waals surface area contributed by atoms with Gasteiger partial charge in [-0.15, -0.1) is 0 Å². The zero-order valence-corrected chi connectivity index (χ0v) is 14.0. The number of nitrogens with zero attached hydrogens (tertiary/aromatic N) is 1. The van der Waals surface area contributed by atoms with Gasteiger partial charge in [0.2, 0.25) is 0 Å². The van der Waals surface area contributed by atoms with E-state index in [1.165, 1.54) is 12.8 Å². The predicted molar refractivity (Wildman–Crippen MR) is 92.4 cm³/mol. The van der Waals surface area contributed by atoms with E-state index in [4.69, 9.17) is 0 Å². The van der Waals surface area contributed by atoms with Crippen molar-refractivity contribution < 1.29 is 9.50 Å². The molecule has 4 aliphatic rings. The largest absolute Gasteiger partial charge is 0.390 e. The van der Waals surface area contributed by atoms with Crippen molar-refractivity contribution in [3.05, 3.63) is 35.8 Å². The molecule has 4 bridgehead atoms. The van der Waals surface area contributed by atoms with E-state index in [2.05, 4.69) is 9.88 Å². The van der Waals surface area contributed by atoms with E-state index in [1.807, 2.05) is 12.3 Å². The van der Waals surface area contributed by atoms with E-state index < -0.39 is 0 Å². The molecular formula is C20H25FN2O. The predicted octanol–water partition coefficient (Wildman–Crippen LogP) is 3.62. The van der Waals surface area contributed by atoms with Crippen LogP contribution in [-0.2, 0) is 6.42 Å². The Labute approximate surface area is 141 Å². The third-order valence-corrected chi connectivity index (χ3v) is 6.65. The summed E-state index contributed by atoms with van der Waals surface area (Å²) in [7, 11) is 0. The lowest BCUT2D eigenvalue weighted by molar-refractivity contribution is -0.157. The molecule has 0 spiro atoms. The van der Waals surface area contributed by atoms with E-state index in [-0.39, 0.29) is 11.4 Å². The van der Waals surface area contributed by atoms with Crippen LogP contribution in [-0.4, -0.2) is 39.2 Å². The molecule has 2 aliphatic carbocycles. The van der Waals surface area contributed by atoms with E-state index in [0.29, 0.717) is 12.1 Å². The van der Waals surface area contributed by atoms with Crippen LogP contribution in [0.2, 0.25) is 0 Å². The van der Waals surface area contributed by atoms with Crippen molar-refractivity contribution in [2.24, 2.45) is 5.92 Å². The number of halogens is 1. The summed E-state index contributed by atoms with van der Waals surface area (Å²) in [6.07, 6.45) is 9.40. The van der Waals surface area contributed by atoms with E-state index in [0.717, 1.165) is 61.0 Å². The fourth-order valence-electron chi connectivity index (χ4n) is 5.89. The van der Waals surface area contributed by atoms with Crippen LogP contribution in [0, 0.1) is 11.7 Å². The van der Waals surface area contributed by atoms with E-state index in [9.17, 15) is 9.50 Å². The zero-order valence-electron chi connectivity index (χ0n) is 14.0. The second-order valence-electron chi connectivity index (χ2n) is 8.30. The van der Waals surface area contributed by atoms with Gasteiger partial charge >= 0.3 is 0 Å². The first-order valence-corrected chi connectivity index (χ1v) is 9.34. The molecule has 2 saturated carbocycles. The molecule has 2 atom stereocenters. The number of H-pyrrole nitrogens is 1. The normalized spacial score (nSPS) is 35.2. The number of nitrogens with one attached hydrogen (secondary N) is 1. The molecule has 4 heteroatoms. The number of aliphatic hydroxyl groups is 1. The Balaban J connectivity index is 1.27. The lowest BCUT2D eigenvalue weighted by atomic mass is 9.61. The number of hydrogen-bond donors (Lipinski definition) is 2. The number of aromatic nitrogens is 1. The highest BCUT2D eigenvalue weighted by Crippen LogP contribution is 2.51. The van der Waals surface area contributed by atoms with Crippen LogP contribution in [0.25, 0.3) is 10.9 Å². The first-order valence-electron chi connectivity index (χ1n) is 9.34. The zero-order chi connectivity index (χ0) is 16.3. The second-order valence-corrected chi connectivity index (χ2v) is 8.30. The van der Waals surface area contributed by atoms with Crippen molar-refractivity contribution in [1.29, 1.82) is 0 Å². The fourth-order valence-corrected chi connectivity index (χ4v) is 5.89. The number of hydrogen-bond acceptors (Lipinski definition) is 2. The van der Waals surface area contributed by atoms with Crippen molar-refractivity contribution in [3.63, 3.8) is 0 Å². The molecule has 4 fully saturated rings. The Morgan fingerprint density at radius 1 is 1.21 bits per heavy atom. The van der Waals surface area contributed by atoms with Crippen molar-refractivity contribution in [2.45, 2.75) is 62.6 Å². The summed E-state index contributed by atoms with van der Waals surface area (Å²) in [6, 6.07) is 6.37. The quantitative estimate of drug-likeness (QED) is 0.900. The fraction of sp³-hybridized carbons (Fsp3) is 0.600. The average molecular weight is 328 g/mol. The van der Waals surface area contributed by atoms with Gasteiger partial charge in [-0.05, 0) is 75.1 Å². The number of piperidine rings is 2. The summed E-state index contributed by atoms with van der Waals surface area (Å²) in [5.74, 6) is 0.618. The summed E-state index contributed by atoms with van der Waals surface area (Å²) in [6.45, 7) is 1.07. The maximum absolute atomic E-state index is 14.1. The maximum Gasteiger partial charge on any atom is 0.132 e. The Morgan fingerprint density at radius 3 is 2.75 bits per heavy atom. The van der Waals surface area contributed by atoms with Gasteiger partial charge < -0.3 is 10.1 Å². The summed E-state index contributed by atoms with van der Waals surface area (Å²) in [5, 5.41) is 11.4. The summed E-state index contributed by atoms with van der Waals surface area (Å²) >= 11 is 0. The molecule has 1 aromatic heterocycles. The third-order valence-electron chi connectivity index (χ3n) is 6.65. The summed E-state index contributed by atoms with van der Waals surface area (Å²) < 4.78 is 14.1. The number of aryl methyl sites for hydroxylation is 1. The molecule has 24 heavy (non-hydrogen) atoms. The van der Waals surface area contributed by atoms with Gasteiger partial charge in [0.25, 0.3) is 0 Å². The van der Waals surface area contributed by atoms with E-state index in [1.54, 1.807) is 12.1 Å². The van der Waals surface area contributed by atoms with Crippen molar-refractivity contribution >= 4 is 10.9 Å². The standard InChI is InChI=1S/C20H25FN2O/c21-17-4-1-5-18-19(17)14(12-22-18)3-2-6-23-15-7-13-8-16(23)11-20(24,9-13)10-15/h1,4-5,12-13,15-16,22,24H,2-3,6-11H2. The Morgan fingerprint density at radius 2 is 2.00 bits per heavy atom. The molecule has 3 nitrogen and oxygen atoms in total. The first kappa shape index (κ1) is 14.9. The number of aromatic amines is 1. The van der Waals surface area contributed by atoms with Gasteiger partial charge in [-0.3, -0.25) is 4.90 Å². The smallest absolute Gasteiger partial charge is 0.132 e. The van der Waals surface area contributed by atoms with Crippen molar-refractivity contribution in [1.82, 2.24) is 9.88 Å². The van der Waals surface area contributed by atoms with Crippen LogP contribution in [0.1, 0.15) is 44.1 Å². The highest BCUT2D eigenvalue weighted by Gasteiger charge is 2.53. The molecule has 2 aliphatic heterocycles. The van der Waals surface area contributed by atoms with Crippen LogP contribution < -0.4 is 0 Å². The molecule has 2 aromatic rings. The average Bonchev–Trinajstić information content (AvgIpc) is 2.93. The number of benzene rings is 1. The Kier molecular flexibility index (Phi) is 3.29. The second kappa shape index (κ2) is 5.30. The molecule has 0 amide bonds. The van der Waals surface area contributed by atoms with Gasteiger partial charge in [-0.1, -0.05) is 6.07 Å². The van der Waals surface area contributed by atoms with Crippen LogP contribution in [0.4, 0.5) is 4.39 Å². The minimum Gasteiger partial charge on any atom is -0.390 e. The highest BCUT2D eigenvalue weighted by molar-refractivity contribution is 5.83. The molecule has 3 heterocycles. The lowest BCUT2D eigenvalue weighted by Crippen LogP contribution is -2.64. The van der Waals surface area contributed by atoms with E-state index >= 15 is 0 Å². The van der Waals surface area contributed by atoms with Gasteiger partial charge in [0.05, 0.1) is 5.60 Å². The van der Waals surface area contributed by atoms with Crippen molar-refractivity contribution in [2.75, 3.05) is 6.54 Å². The topological polar surface area (TPSA) is 39.3 Å². The van der Waals surface area contributed by atoms with Gasteiger partial charge in [0.15, 0.2) is 0 Å². The molecule has 2 saturated heterocycles. The van der Waals surface area contributed by atoms with Crippen LogP contribution in [0.5, 0.6) is 0 Å². The SMILES string of the molecule is OC12CC3CC(C1)N(CCCc1c[nH]c4cccc(F)c14)C(C3)C2. The van der Waals surface area contributed by atoms with Gasteiger partial charge in [0, 0.05) is 29.2 Å². The van der Waals surface area contributed by atoms with Crippen LogP contribution in [0.15, 0.2) is 24.4 Å². The van der Waals surface area contributed by atoms with Gasteiger partial charge in [-0.25, -0.2) is 4.39 Å². The lowest BCUT2D eigenvalue weighted by Gasteiger charge is -2.60. The minimum atomic E-state index is -0.368. The Bertz CT molecular complexity index is 754. The molecule has 1 aromatic carbocycles. The summed E-state index contributed by atoms with van der Waals surface area (Å²) in [4.78, 5) is 5.84. The maximum atomic E-state index is 14.1. The number of fused-ring (bicyclic) bond motifs is 1. The van der Waals surface area contributed by atoms with Crippen LogP contribution in [0.3, 0.4) is 0 Å². The van der Waals surface area contributed by atoms with Gasteiger partial charge in [-0.2, -0.15) is 0 Å².